The lowest BCUT2D eigenvalue weighted by molar-refractivity contribution is -0.126. The Balaban J connectivity index is 1.58. The molecule has 0 aliphatic carbocycles. The highest BCUT2D eigenvalue weighted by Gasteiger charge is 2.32. The van der Waals surface area contributed by atoms with Crippen LogP contribution < -0.4 is 10.1 Å². The molecule has 31 heavy (non-hydrogen) atoms. The van der Waals surface area contributed by atoms with Crippen molar-refractivity contribution in [3.63, 3.8) is 0 Å². The second-order valence-electron chi connectivity index (χ2n) is 7.48. The molecule has 1 aliphatic rings. The fourth-order valence-corrected chi connectivity index (χ4v) is 5.11. The molecule has 6 nitrogen and oxygen atoms in total. The summed E-state index contributed by atoms with van der Waals surface area (Å²) >= 11 is 0. The van der Waals surface area contributed by atoms with Gasteiger partial charge in [-0.3, -0.25) is 4.79 Å². The van der Waals surface area contributed by atoms with E-state index in [0.29, 0.717) is 25.2 Å². The molecule has 1 heterocycles. The van der Waals surface area contributed by atoms with Gasteiger partial charge in [0.1, 0.15) is 17.4 Å². The van der Waals surface area contributed by atoms with Crippen LogP contribution in [-0.4, -0.2) is 38.3 Å². The average Bonchev–Trinajstić information content (AvgIpc) is 2.74. The molecule has 9 heteroatoms. The maximum absolute atomic E-state index is 13.9. The number of benzene rings is 2. The van der Waals surface area contributed by atoms with Crippen LogP contribution in [0.5, 0.6) is 5.75 Å². The minimum Gasteiger partial charge on any atom is -0.494 e. The van der Waals surface area contributed by atoms with Crippen molar-refractivity contribution in [3.8, 4) is 5.75 Å². The van der Waals surface area contributed by atoms with Crippen molar-refractivity contribution in [2.75, 3.05) is 19.7 Å². The van der Waals surface area contributed by atoms with Crippen molar-refractivity contribution in [1.29, 1.82) is 0 Å². The van der Waals surface area contributed by atoms with Crippen LogP contribution in [0.1, 0.15) is 38.3 Å². The van der Waals surface area contributed by atoms with E-state index in [0.717, 1.165) is 12.1 Å². The quantitative estimate of drug-likeness (QED) is 0.696. The minimum absolute atomic E-state index is 0.180. The number of ether oxygens (including phenoxy) is 1. The Kier molecular flexibility index (Phi) is 7.27. The number of piperidine rings is 1. The molecule has 0 aromatic heterocycles. The summed E-state index contributed by atoms with van der Waals surface area (Å²) < 4.78 is 59.5. The first-order chi connectivity index (χ1) is 14.7. The fraction of sp³-hybridized carbons (Fsp3) is 0.409. The summed E-state index contributed by atoms with van der Waals surface area (Å²) in [6.45, 7) is 4.40. The predicted molar refractivity (Wildman–Crippen MR) is 112 cm³/mol. The summed E-state index contributed by atoms with van der Waals surface area (Å²) in [5, 5.41) is 2.75. The Labute approximate surface area is 181 Å². The molecule has 1 unspecified atom stereocenters. The van der Waals surface area contributed by atoms with E-state index in [2.05, 4.69) is 5.32 Å². The van der Waals surface area contributed by atoms with Gasteiger partial charge in [0, 0.05) is 30.6 Å². The molecule has 1 N–H and O–H groups in total. The van der Waals surface area contributed by atoms with Crippen molar-refractivity contribution in [1.82, 2.24) is 9.62 Å². The highest BCUT2D eigenvalue weighted by atomic mass is 32.2. The van der Waals surface area contributed by atoms with E-state index >= 15 is 0 Å². The van der Waals surface area contributed by atoms with Gasteiger partial charge >= 0.3 is 0 Å². The van der Waals surface area contributed by atoms with Gasteiger partial charge in [-0.1, -0.05) is 6.07 Å². The molecule has 1 fully saturated rings. The molecular formula is C22H26F2N2O4S. The van der Waals surface area contributed by atoms with E-state index in [1.165, 1.54) is 22.5 Å². The van der Waals surface area contributed by atoms with Crippen molar-refractivity contribution in [3.05, 3.63) is 59.7 Å². The zero-order valence-electron chi connectivity index (χ0n) is 17.5. The number of carbonyl (C=O) groups excluding carboxylic acids is 1. The summed E-state index contributed by atoms with van der Waals surface area (Å²) in [4.78, 5) is 12.8. The second kappa shape index (κ2) is 9.74. The van der Waals surface area contributed by atoms with Crippen LogP contribution >= 0.6 is 0 Å². The van der Waals surface area contributed by atoms with Crippen LogP contribution in [0.15, 0.2) is 47.4 Å². The zero-order chi connectivity index (χ0) is 22.6. The van der Waals surface area contributed by atoms with Gasteiger partial charge in [-0.25, -0.2) is 17.2 Å². The first-order valence-electron chi connectivity index (χ1n) is 10.2. The number of nitrogens with zero attached hydrogens (tertiary/aromatic N) is 1. The molecule has 3 rings (SSSR count). The van der Waals surface area contributed by atoms with Gasteiger partial charge in [0.25, 0.3) is 0 Å². The summed E-state index contributed by atoms with van der Waals surface area (Å²) in [6, 6.07) is 8.86. The normalized spacial score (nSPS) is 16.6. The lowest BCUT2D eigenvalue weighted by Crippen LogP contribution is -2.43. The van der Waals surface area contributed by atoms with E-state index in [4.69, 9.17) is 4.74 Å². The molecule has 1 atom stereocenters. The van der Waals surface area contributed by atoms with Gasteiger partial charge < -0.3 is 10.1 Å². The molecule has 0 spiro atoms. The first-order valence-corrected chi connectivity index (χ1v) is 11.6. The lowest BCUT2D eigenvalue weighted by atomic mass is 9.96. The maximum atomic E-state index is 13.9. The van der Waals surface area contributed by atoms with Gasteiger partial charge in [-0.05, 0) is 57.0 Å². The summed E-state index contributed by atoms with van der Waals surface area (Å²) in [6.07, 6.45) is 0.724. The third kappa shape index (κ3) is 5.40. The van der Waals surface area contributed by atoms with Crippen LogP contribution in [-0.2, 0) is 14.8 Å². The molecule has 0 radical (unpaired) electrons. The molecule has 2 aromatic carbocycles. The molecule has 1 aliphatic heterocycles. The third-order valence-electron chi connectivity index (χ3n) is 5.38. The highest BCUT2D eigenvalue weighted by Crippen LogP contribution is 2.26. The van der Waals surface area contributed by atoms with Gasteiger partial charge in [0.2, 0.25) is 15.9 Å². The van der Waals surface area contributed by atoms with Crippen molar-refractivity contribution >= 4 is 15.9 Å². The van der Waals surface area contributed by atoms with Crippen molar-refractivity contribution < 1.29 is 26.7 Å². The largest absolute Gasteiger partial charge is 0.494 e. The Morgan fingerprint density at radius 3 is 2.39 bits per heavy atom. The van der Waals surface area contributed by atoms with Crippen LogP contribution in [0.3, 0.4) is 0 Å². The molecule has 1 amide bonds. The van der Waals surface area contributed by atoms with Crippen LogP contribution in [0, 0.1) is 17.6 Å². The molecule has 0 saturated carbocycles. The van der Waals surface area contributed by atoms with Gasteiger partial charge in [0.15, 0.2) is 0 Å². The van der Waals surface area contributed by atoms with Crippen LogP contribution in [0.4, 0.5) is 8.78 Å². The second-order valence-corrected chi connectivity index (χ2v) is 9.42. The average molecular weight is 453 g/mol. The minimum atomic E-state index is -3.66. The number of carbonyl (C=O) groups is 1. The summed E-state index contributed by atoms with van der Waals surface area (Å²) in [5.74, 6) is -1.44. The molecular weight excluding hydrogens is 426 g/mol. The maximum Gasteiger partial charge on any atom is 0.243 e. The Morgan fingerprint density at radius 2 is 1.81 bits per heavy atom. The molecule has 1 saturated heterocycles. The van der Waals surface area contributed by atoms with E-state index < -0.39 is 27.7 Å². The SMILES string of the molecule is CCOc1ccc(S(=O)(=O)N2CCC(C(=O)NC(C)c3ccc(F)cc3F)CC2)cc1. The summed E-state index contributed by atoms with van der Waals surface area (Å²) in [7, 11) is -3.66. The lowest BCUT2D eigenvalue weighted by Gasteiger charge is -2.31. The number of hydrogen-bond acceptors (Lipinski definition) is 4. The number of rotatable bonds is 7. The van der Waals surface area contributed by atoms with E-state index in [9.17, 15) is 22.0 Å². The topological polar surface area (TPSA) is 75.7 Å². The molecule has 168 valence electrons. The van der Waals surface area contributed by atoms with Gasteiger partial charge in [0.05, 0.1) is 17.5 Å². The zero-order valence-corrected chi connectivity index (χ0v) is 18.3. The standard InChI is InChI=1S/C22H26F2N2O4S/c1-3-30-18-5-7-19(8-6-18)31(28,29)26-12-10-16(11-13-26)22(27)25-15(2)20-9-4-17(23)14-21(20)24/h4-9,14-16H,3,10-13H2,1-2H3,(H,25,27). The number of amides is 1. The monoisotopic (exact) mass is 452 g/mol. The Morgan fingerprint density at radius 1 is 1.16 bits per heavy atom. The fourth-order valence-electron chi connectivity index (χ4n) is 3.64. The Bertz CT molecular complexity index is 1020. The highest BCUT2D eigenvalue weighted by molar-refractivity contribution is 7.89. The smallest absolute Gasteiger partial charge is 0.243 e. The molecule has 0 bridgehead atoms. The van der Waals surface area contributed by atoms with Gasteiger partial charge in [-0.2, -0.15) is 4.31 Å². The number of halogens is 2. The number of sulfonamides is 1. The molecule has 2 aromatic rings. The van der Waals surface area contributed by atoms with E-state index in [1.807, 2.05) is 6.92 Å². The van der Waals surface area contributed by atoms with E-state index in [-0.39, 0.29) is 35.4 Å². The summed E-state index contributed by atoms with van der Waals surface area (Å²) in [5.41, 5.74) is 0.199. The van der Waals surface area contributed by atoms with E-state index in [1.54, 1.807) is 19.1 Å². The third-order valence-corrected chi connectivity index (χ3v) is 7.30. The van der Waals surface area contributed by atoms with Gasteiger partial charge in [-0.15, -0.1) is 0 Å². The first kappa shape index (κ1) is 23.1. The Hall–Kier alpha value is -2.52. The number of hydrogen-bond donors (Lipinski definition) is 1. The van der Waals surface area contributed by atoms with Crippen molar-refractivity contribution in [2.24, 2.45) is 5.92 Å². The number of nitrogens with one attached hydrogen (secondary N) is 1. The van der Waals surface area contributed by atoms with Crippen LogP contribution in [0.25, 0.3) is 0 Å². The predicted octanol–water partition coefficient (Wildman–Crippen LogP) is 3.64. The van der Waals surface area contributed by atoms with Crippen LogP contribution in [0.2, 0.25) is 0 Å². The van der Waals surface area contributed by atoms with Crippen molar-refractivity contribution in [2.45, 2.75) is 37.6 Å².